The molecule has 0 fully saturated rings. The third-order valence-electron chi connectivity index (χ3n) is 5.12. The van der Waals surface area contributed by atoms with Gasteiger partial charge in [0.1, 0.15) is 11.6 Å². The van der Waals surface area contributed by atoms with Gasteiger partial charge in [-0.25, -0.2) is 9.88 Å². The quantitative estimate of drug-likeness (QED) is 0.467. The fraction of sp³-hybridized carbons (Fsp3) is 0.217. The number of aliphatic imine (C=N–C) groups is 1. The zero-order valence-electron chi connectivity index (χ0n) is 16.8. The maximum absolute atomic E-state index is 13.3. The van der Waals surface area contributed by atoms with Crippen molar-refractivity contribution in [3.05, 3.63) is 83.9 Å². The number of furan rings is 1. The molecule has 1 aliphatic heterocycles. The molecule has 1 aromatic carbocycles. The van der Waals surface area contributed by atoms with Crippen LogP contribution in [0, 0.1) is 0 Å². The Hall–Kier alpha value is -3.58. The first-order valence-corrected chi connectivity index (χ1v) is 9.66. The summed E-state index contributed by atoms with van der Waals surface area (Å²) in [5.74, 6) is -0.290. The van der Waals surface area contributed by atoms with Gasteiger partial charge in [0.25, 0.3) is 5.91 Å². The first-order chi connectivity index (χ1) is 14.6. The number of carbonyl (C=O) groups is 2. The van der Waals surface area contributed by atoms with E-state index >= 15 is 0 Å². The van der Waals surface area contributed by atoms with Crippen LogP contribution in [0.25, 0.3) is 0 Å². The van der Waals surface area contributed by atoms with E-state index in [2.05, 4.69) is 9.98 Å². The maximum Gasteiger partial charge on any atom is 0.266 e. The number of aromatic nitrogens is 1. The number of rotatable bonds is 6. The second-order valence-corrected chi connectivity index (χ2v) is 7.24. The van der Waals surface area contributed by atoms with Gasteiger partial charge in [-0.05, 0) is 50.0 Å². The number of benzene rings is 1. The topological polar surface area (TPSA) is 79.0 Å². The Morgan fingerprint density at radius 2 is 1.93 bits per heavy atom. The molecule has 0 aliphatic carbocycles. The summed E-state index contributed by atoms with van der Waals surface area (Å²) in [5.41, 5.74) is 1.14. The van der Waals surface area contributed by atoms with Gasteiger partial charge in [-0.15, -0.1) is 0 Å². The summed E-state index contributed by atoms with van der Waals surface area (Å²) >= 11 is 0. The largest absolute Gasteiger partial charge is 0.468 e. The second kappa shape index (κ2) is 8.42. The van der Waals surface area contributed by atoms with Crippen molar-refractivity contribution >= 4 is 23.8 Å². The smallest absolute Gasteiger partial charge is 0.266 e. The predicted molar refractivity (Wildman–Crippen MR) is 114 cm³/mol. The highest BCUT2D eigenvalue weighted by atomic mass is 16.3. The molecular weight excluding hydrogens is 380 g/mol. The molecule has 4 rings (SSSR count). The van der Waals surface area contributed by atoms with Crippen LogP contribution in [0.1, 0.15) is 33.6 Å². The molecule has 0 saturated carbocycles. The average Bonchev–Trinajstić information content (AvgIpc) is 3.28. The van der Waals surface area contributed by atoms with Crippen LogP contribution in [0.3, 0.4) is 0 Å². The van der Waals surface area contributed by atoms with Crippen LogP contribution in [0.2, 0.25) is 0 Å². The molecule has 0 spiro atoms. The Balaban J connectivity index is 1.66. The van der Waals surface area contributed by atoms with E-state index in [0.717, 1.165) is 10.7 Å². The number of amides is 2. The molecule has 3 aromatic rings. The number of nitrogens with zero attached hydrogens (tertiary/aromatic N) is 4. The van der Waals surface area contributed by atoms with Gasteiger partial charge in [0, 0.05) is 18.0 Å². The Labute approximate surface area is 174 Å². The number of likely N-dealkylation sites (N-methyl/N-ethyl adjacent to an activating group) is 1. The van der Waals surface area contributed by atoms with Crippen LogP contribution in [-0.4, -0.2) is 48.6 Å². The minimum absolute atomic E-state index is 0.0567. The summed E-state index contributed by atoms with van der Waals surface area (Å²) in [6, 6.07) is 16.0. The van der Waals surface area contributed by atoms with Crippen molar-refractivity contribution in [2.24, 2.45) is 4.99 Å². The first-order valence-electron chi connectivity index (χ1n) is 9.66. The minimum atomic E-state index is -0.666. The molecule has 152 valence electrons. The lowest BCUT2D eigenvalue weighted by molar-refractivity contribution is -0.118. The van der Waals surface area contributed by atoms with Crippen LogP contribution in [0.4, 0.5) is 5.82 Å². The Bertz CT molecular complexity index is 1060. The second-order valence-electron chi connectivity index (χ2n) is 7.24. The number of hydrogen-bond donors (Lipinski definition) is 0. The SMILES string of the molecule is CN(C)[C@@H](CN=CC1C(=O)N(c2ccccn2)C(=O)c2ccccc21)c1ccco1. The Morgan fingerprint density at radius 1 is 1.13 bits per heavy atom. The zero-order chi connectivity index (χ0) is 21.1. The standard InChI is InChI=1S/C23H22N4O3/c1-26(2)19(20-10-7-13-30-20)15-24-14-18-16-8-3-4-9-17(16)22(28)27(23(18)29)21-11-5-6-12-25-21/h3-14,18-19H,15H2,1-2H3/t18?,19-/m0/s1. The molecular formula is C23H22N4O3. The molecule has 7 heteroatoms. The zero-order valence-corrected chi connectivity index (χ0v) is 16.8. The van der Waals surface area contributed by atoms with Gasteiger partial charge < -0.3 is 4.42 Å². The molecule has 0 radical (unpaired) electrons. The van der Waals surface area contributed by atoms with Crippen LogP contribution in [-0.2, 0) is 4.79 Å². The van der Waals surface area contributed by atoms with Crippen molar-refractivity contribution in [2.75, 3.05) is 25.5 Å². The van der Waals surface area contributed by atoms with Crippen molar-refractivity contribution in [1.29, 1.82) is 0 Å². The summed E-state index contributed by atoms with van der Waals surface area (Å²) in [4.78, 5) is 38.2. The number of fused-ring (bicyclic) bond motifs is 1. The van der Waals surface area contributed by atoms with E-state index in [1.165, 1.54) is 0 Å². The lowest BCUT2D eigenvalue weighted by atomic mass is 9.89. The number of anilines is 1. The van der Waals surface area contributed by atoms with Crippen molar-refractivity contribution in [1.82, 2.24) is 9.88 Å². The third kappa shape index (κ3) is 3.67. The Morgan fingerprint density at radius 3 is 2.63 bits per heavy atom. The van der Waals surface area contributed by atoms with Gasteiger partial charge >= 0.3 is 0 Å². The normalized spacial score (nSPS) is 17.6. The van der Waals surface area contributed by atoms with Gasteiger partial charge in [0.15, 0.2) is 0 Å². The summed E-state index contributed by atoms with van der Waals surface area (Å²) < 4.78 is 5.52. The van der Waals surface area contributed by atoms with E-state index in [4.69, 9.17) is 4.42 Å². The van der Waals surface area contributed by atoms with E-state index in [0.29, 0.717) is 23.5 Å². The fourth-order valence-electron chi connectivity index (χ4n) is 3.56. The van der Waals surface area contributed by atoms with Gasteiger partial charge in [0.05, 0.1) is 24.8 Å². The number of carbonyl (C=O) groups excluding carboxylic acids is 2. The molecule has 1 aliphatic rings. The molecule has 3 heterocycles. The summed E-state index contributed by atoms with van der Waals surface area (Å²) in [7, 11) is 3.90. The summed E-state index contributed by atoms with van der Waals surface area (Å²) in [6.07, 6.45) is 4.82. The van der Waals surface area contributed by atoms with Crippen LogP contribution in [0.5, 0.6) is 0 Å². The third-order valence-corrected chi connectivity index (χ3v) is 5.12. The molecule has 0 N–H and O–H groups in total. The van der Waals surface area contributed by atoms with E-state index < -0.39 is 5.92 Å². The highest BCUT2D eigenvalue weighted by molar-refractivity contribution is 6.28. The first kappa shape index (κ1) is 19.7. The van der Waals surface area contributed by atoms with Crippen molar-refractivity contribution in [3.63, 3.8) is 0 Å². The molecule has 0 bridgehead atoms. The lowest BCUT2D eigenvalue weighted by Gasteiger charge is -2.30. The Kier molecular flexibility index (Phi) is 5.54. The molecule has 30 heavy (non-hydrogen) atoms. The molecule has 2 aromatic heterocycles. The fourth-order valence-corrected chi connectivity index (χ4v) is 3.56. The van der Waals surface area contributed by atoms with Gasteiger partial charge in [-0.1, -0.05) is 24.3 Å². The summed E-state index contributed by atoms with van der Waals surface area (Å²) in [6.45, 7) is 0.421. The highest BCUT2D eigenvalue weighted by Crippen LogP contribution is 2.31. The molecule has 2 amide bonds. The average molecular weight is 402 g/mol. The van der Waals surface area contributed by atoms with Crippen molar-refractivity contribution in [3.8, 4) is 0 Å². The lowest BCUT2D eigenvalue weighted by Crippen LogP contribution is -2.46. The van der Waals surface area contributed by atoms with Gasteiger partial charge in [-0.3, -0.25) is 19.5 Å². The van der Waals surface area contributed by atoms with E-state index in [9.17, 15) is 9.59 Å². The maximum atomic E-state index is 13.3. The van der Waals surface area contributed by atoms with Crippen LogP contribution in [0.15, 0.2) is 76.5 Å². The molecule has 2 atom stereocenters. The molecule has 0 saturated heterocycles. The van der Waals surface area contributed by atoms with Gasteiger partial charge in [-0.2, -0.15) is 0 Å². The molecule has 1 unspecified atom stereocenters. The van der Waals surface area contributed by atoms with Crippen molar-refractivity contribution in [2.45, 2.75) is 12.0 Å². The van der Waals surface area contributed by atoms with E-state index in [1.54, 1.807) is 55.1 Å². The number of imide groups is 1. The van der Waals surface area contributed by atoms with Crippen molar-refractivity contribution < 1.29 is 14.0 Å². The number of hydrogen-bond acceptors (Lipinski definition) is 6. The summed E-state index contributed by atoms with van der Waals surface area (Å²) in [5, 5.41) is 0. The minimum Gasteiger partial charge on any atom is -0.468 e. The monoisotopic (exact) mass is 402 g/mol. The predicted octanol–water partition coefficient (Wildman–Crippen LogP) is 3.32. The molecule has 7 nitrogen and oxygen atoms in total. The van der Waals surface area contributed by atoms with E-state index in [1.807, 2.05) is 37.2 Å². The van der Waals surface area contributed by atoms with Gasteiger partial charge in [0.2, 0.25) is 5.91 Å². The van der Waals surface area contributed by atoms with Crippen LogP contribution >= 0.6 is 0 Å². The van der Waals surface area contributed by atoms with Crippen LogP contribution < -0.4 is 4.90 Å². The highest BCUT2D eigenvalue weighted by Gasteiger charge is 2.39. The van der Waals surface area contributed by atoms with E-state index in [-0.39, 0.29) is 17.9 Å². The number of pyridine rings is 1.